The number of hydrogen-bond acceptors (Lipinski definition) is 2. The molecule has 1 atom stereocenters. The smallest absolute Gasteiger partial charge is 1.00 e. The maximum Gasteiger partial charge on any atom is 1.00 e. The average Bonchev–Trinajstić information content (AvgIpc) is 1.82. The number of nitrogens with zero attached hydrogens (tertiary/aromatic N) is 1. The molecule has 0 spiro atoms. The van der Waals surface area contributed by atoms with Crippen molar-refractivity contribution in [1.82, 2.24) is 0 Å². The molecular formula is C6H10NNaO2. The van der Waals surface area contributed by atoms with Gasteiger partial charge in [0.1, 0.15) is 5.92 Å². The molecule has 0 aromatic rings. The minimum atomic E-state index is -1.01. The largest absolute Gasteiger partial charge is 1.00 e. The molecule has 10 heavy (non-hydrogen) atoms. The Labute approximate surface area is 83.8 Å². The van der Waals surface area contributed by atoms with Gasteiger partial charge in [0.15, 0.2) is 0 Å². The number of nitriles is 1. The van der Waals surface area contributed by atoms with Gasteiger partial charge in [0.05, 0.1) is 6.07 Å². The summed E-state index contributed by atoms with van der Waals surface area (Å²) in [5.41, 5.74) is 0. The van der Waals surface area contributed by atoms with E-state index in [0.29, 0.717) is 6.42 Å². The number of rotatable bonds is 3. The van der Waals surface area contributed by atoms with E-state index in [9.17, 15) is 4.79 Å². The second-order valence-corrected chi connectivity index (χ2v) is 1.81. The first kappa shape index (κ1) is 12.6. The van der Waals surface area contributed by atoms with Gasteiger partial charge in [-0.05, 0) is 6.42 Å². The van der Waals surface area contributed by atoms with Gasteiger partial charge >= 0.3 is 35.5 Å². The predicted molar refractivity (Wildman–Crippen MR) is 32.8 cm³/mol. The molecule has 0 aromatic carbocycles. The van der Waals surface area contributed by atoms with Crippen LogP contribution in [0.5, 0.6) is 0 Å². The van der Waals surface area contributed by atoms with Gasteiger partial charge in [-0.1, -0.05) is 13.3 Å². The van der Waals surface area contributed by atoms with Gasteiger partial charge in [0.25, 0.3) is 0 Å². The Kier molecular flexibility index (Phi) is 8.92. The zero-order valence-electron chi connectivity index (χ0n) is 7.29. The molecule has 0 aliphatic rings. The van der Waals surface area contributed by atoms with Crippen molar-refractivity contribution in [3.8, 4) is 6.07 Å². The second kappa shape index (κ2) is 7.07. The maximum absolute atomic E-state index is 10.1. The van der Waals surface area contributed by atoms with Crippen LogP contribution in [0.15, 0.2) is 0 Å². The van der Waals surface area contributed by atoms with Gasteiger partial charge < -0.3 is 6.53 Å². The molecule has 0 heterocycles. The first-order valence-corrected chi connectivity index (χ1v) is 2.84. The molecule has 52 valence electrons. The fourth-order valence-electron chi connectivity index (χ4n) is 0.532. The molecule has 0 radical (unpaired) electrons. The van der Waals surface area contributed by atoms with Crippen LogP contribution in [0.25, 0.3) is 0 Å². The van der Waals surface area contributed by atoms with Crippen molar-refractivity contribution in [2.45, 2.75) is 19.8 Å². The number of carboxylic acid groups (broad SMARTS) is 1. The molecule has 4 heteroatoms. The summed E-state index contributed by atoms with van der Waals surface area (Å²) in [6.07, 6.45) is 1.19. The van der Waals surface area contributed by atoms with Crippen molar-refractivity contribution in [3.05, 3.63) is 0 Å². The summed E-state index contributed by atoms with van der Waals surface area (Å²) in [5.74, 6) is -1.82. The van der Waals surface area contributed by atoms with Crippen molar-refractivity contribution >= 4 is 5.97 Å². The first-order chi connectivity index (χ1) is 4.22. The topological polar surface area (TPSA) is 61.1 Å². The zero-order chi connectivity index (χ0) is 7.28. The summed E-state index contributed by atoms with van der Waals surface area (Å²) >= 11 is 0. The van der Waals surface area contributed by atoms with Gasteiger partial charge in [-0.3, -0.25) is 4.79 Å². The zero-order valence-corrected chi connectivity index (χ0v) is 8.29. The Morgan fingerprint density at radius 2 is 2.40 bits per heavy atom. The van der Waals surface area contributed by atoms with Crippen LogP contribution in [0.2, 0.25) is 0 Å². The molecule has 0 rings (SSSR count). The fourth-order valence-corrected chi connectivity index (χ4v) is 0.532. The molecule has 0 aliphatic carbocycles. The van der Waals surface area contributed by atoms with E-state index < -0.39 is 11.9 Å². The molecule has 1 N–H and O–H groups in total. The van der Waals surface area contributed by atoms with Gasteiger partial charge in [0, 0.05) is 0 Å². The summed E-state index contributed by atoms with van der Waals surface area (Å²) in [6, 6.07) is 1.70. The molecule has 0 aliphatic heterocycles. The van der Waals surface area contributed by atoms with E-state index in [1.54, 1.807) is 6.07 Å². The van der Waals surface area contributed by atoms with Crippen LogP contribution >= 0.6 is 0 Å². The molecule has 0 fully saturated rings. The van der Waals surface area contributed by atoms with Crippen LogP contribution in [0.1, 0.15) is 21.2 Å². The molecule has 0 amide bonds. The SMILES string of the molecule is CCCC(C#N)C(=O)O.[H-].[Na+]. The van der Waals surface area contributed by atoms with E-state index in [-0.39, 0.29) is 31.0 Å². The minimum Gasteiger partial charge on any atom is -1.00 e. The molecule has 1 unspecified atom stereocenters. The van der Waals surface area contributed by atoms with E-state index in [1.807, 2.05) is 6.92 Å². The molecular weight excluding hydrogens is 141 g/mol. The van der Waals surface area contributed by atoms with E-state index >= 15 is 0 Å². The van der Waals surface area contributed by atoms with Crippen molar-refractivity contribution in [3.63, 3.8) is 0 Å². The van der Waals surface area contributed by atoms with Gasteiger partial charge in [-0.25, -0.2) is 0 Å². The van der Waals surface area contributed by atoms with Gasteiger partial charge in [-0.2, -0.15) is 5.26 Å². The Hall–Kier alpha value is -0.0400. The summed E-state index contributed by atoms with van der Waals surface area (Å²) in [6.45, 7) is 1.85. The van der Waals surface area contributed by atoms with Crippen LogP contribution in [0, 0.1) is 17.2 Å². The Balaban J connectivity index is -0.000000320. The molecule has 0 bridgehead atoms. The predicted octanol–water partition coefficient (Wildman–Crippen LogP) is -1.87. The third-order valence-corrected chi connectivity index (χ3v) is 1.03. The molecule has 0 saturated heterocycles. The van der Waals surface area contributed by atoms with Crippen LogP contribution < -0.4 is 29.6 Å². The Morgan fingerprint density at radius 1 is 1.90 bits per heavy atom. The third-order valence-electron chi connectivity index (χ3n) is 1.03. The average molecular weight is 151 g/mol. The monoisotopic (exact) mass is 151 g/mol. The van der Waals surface area contributed by atoms with E-state index in [4.69, 9.17) is 10.4 Å². The Bertz CT molecular complexity index is 146. The van der Waals surface area contributed by atoms with Crippen LogP contribution in [0.4, 0.5) is 0 Å². The van der Waals surface area contributed by atoms with Crippen molar-refractivity contribution in [2.24, 2.45) is 5.92 Å². The van der Waals surface area contributed by atoms with Crippen molar-refractivity contribution < 1.29 is 40.9 Å². The number of aliphatic carboxylic acids is 1. The third kappa shape index (κ3) is 4.80. The first-order valence-electron chi connectivity index (χ1n) is 2.84. The quantitative estimate of drug-likeness (QED) is 0.480. The van der Waals surface area contributed by atoms with Crippen LogP contribution in [-0.2, 0) is 4.79 Å². The molecule has 3 nitrogen and oxygen atoms in total. The number of carboxylic acids is 1. The summed E-state index contributed by atoms with van der Waals surface area (Å²) in [4.78, 5) is 10.1. The Morgan fingerprint density at radius 3 is 2.50 bits per heavy atom. The number of hydrogen-bond donors (Lipinski definition) is 1. The number of carbonyl (C=O) groups is 1. The van der Waals surface area contributed by atoms with E-state index in [0.717, 1.165) is 6.42 Å². The molecule has 0 aromatic heterocycles. The standard InChI is InChI=1S/C6H9NO2.Na.H/c1-2-3-5(4-7)6(8)9;;/h5H,2-3H2,1H3,(H,8,9);;/q;+1;-1. The maximum atomic E-state index is 10.1. The van der Waals surface area contributed by atoms with Crippen molar-refractivity contribution in [1.29, 1.82) is 5.26 Å². The normalized spacial score (nSPS) is 10.8. The van der Waals surface area contributed by atoms with E-state index in [2.05, 4.69) is 0 Å². The summed E-state index contributed by atoms with van der Waals surface area (Å²) in [5, 5.41) is 16.5. The van der Waals surface area contributed by atoms with Gasteiger partial charge in [-0.15, -0.1) is 0 Å². The molecule has 0 saturated carbocycles. The summed E-state index contributed by atoms with van der Waals surface area (Å²) in [7, 11) is 0. The van der Waals surface area contributed by atoms with E-state index in [1.165, 1.54) is 0 Å². The second-order valence-electron chi connectivity index (χ2n) is 1.81. The van der Waals surface area contributed by atoms with Gasteiger partial charge in [0.2, 0.25) is 0 Å². The fraction of sp³-hybridized carbons (Fsp3) is 0.667. The van der Waals surface area contributed by atoms with Crippen LogP contribution in [-0.4, -0.2) is 11.1 Å². The van der Waals surface area contributed by atoms with Crippen LogP contribution in [0.3, 0.4) is 0 Å². The minimum absolute atomic E-state index is 0. The summed E-state index contributed by atoms with van der Waals surface area (Å²) < 4.78 is 0. The van der Waals surface area contributed by atoms with Crippen molar-refractivity contribution in [2.75, 3.05) is 0 Å².